The number of hydrogen-bond donors (Lipinski definition) is 1. The van der Waals surface area contributed by atoms with E-state index in [0.717, 1.165) is 17.0 Å². The van der Waals surface area contributed by atoms with Gasteiger partial charge in [0.05, 0.1) is 12.0 Å². The van der Waals surface area contributed by atoms with Crippen LogP contribution in [0.5, 0.6) is 0 Å². The van der Waals surface area contributed by atoms with Crippen LogP contribution in [0, 0.1) is 13.8 Å². The quantitative estimate of drug-likeness (QED) is 0.557. The predicted octanol–water partition coefficient (Wildman–Crippen LogP) is 3.22. The van der Waals surface area contributed by atoms with Crippen LogP contribution in [0.4, 0.5) is 0 Å². The molecule has 132 valence electrons. The molecule has 26 heavy (non-hydrogen) atoms. The number of thioether (sulfide) groups is 1. The Morgan fingerprint density at radius 3 is 2.69 bits per heavy atom. The van der Waals surface area contributed by atoms with Crippen molar-refractivity contribution in [3.8, 4) is 11.5 Å². The van der Waals surface area contributed by atoms with E-state index < -0.39 is 0 Å². The van der Waals surface area contributed by atoms with Crippen molar-refractivity contribution in [1.29, 1.82) is 0 Å². The van der Waals surface area contributed by atoms with Gasteiger partial charge in [0.2, 0.25) is 5.89 Å². The molecule has 0 atom stereocenters. The summed E-state index contributed by atoms with van der Waals surface area (Å²) in [6.07, 6.45) is 1.39. The van der Waals surface area contributed by atoms with E-state index in [2.05, 4.69) is 19.9 Å². The fraction of sp³-hybridized carbons (Fsp3) is 0.222. The predicted molar refractivity (Wildman–Crippen MR) is 100 cm³/mol. The normalized spacial score (nSPS) is 11.3. The molecule has 7 nitrogen and oxygen atoms in total. The van der Waals surface area contributed by atoms with Gasteiger partial charge >= 0.3 is 0 Å². The van der Waals surface area contributed by atoms with Gasteiger partial charge in [-0.15, -0.1) is 0 Å². The van der Waals surface area contributed by atoms with Crippen molar-refractivity contribution in [1.82, 2.24) is 24.5 Å². The fourth-order valence-corrected chi connectivity index (χ4v) is 3.60. The van der Waals surface area contributed by atoms with Crippen molar-refractivity contribution in [3.05, 3.63) is 58.0 Å². The molecule has 0 fully saturated rings. The average molecular weight is 367 g/mol. The van der Waals surface area contributed by atoms with Crippen molar-refractivity contribution in [2.75, 3.05) is 0 Å². The zero-order valence-electron chi connectivity index (χ0n) is 14.6. The number of aryl methyl sites for hydroxylation is 3. The maximum Gasteiger partial charge on any atom is 0.278 e. The second-order valence-electron chi connectivity index (χ2n) is 6.03. The highest BCUT2D eigenvalue weighted by Crippen LogP contribution is 2.28. The number of fused-ring (bicyclic) bond motifs is 1. The van der Waals surface area contributed by atoms with Crippen molar-refractivity contribution in [2.45, 2.75) is 24.8 Å². The van der Waals surface area contributed by atoms with Gasteiger partial charge in [0.15, 0.2) is 16.3 Å². The van der Waals surface area contributed by atoms with Crippen LogP contribution in [-0.4, -0.2) is 24.5 Å². The van der Waals surface area contributed by atoms with Gasteiger partial charge in [0.25, 0.3) is 5.56 Å². The van der Waals surface area contributed by atoms with Crippen LogP contribution in [0.3, 0.4) is 0 Å². The van der Waals surface area contributed by atoms with Crippen LogP contribution >= 0.6 is 11.8 Å². The second kappa shape index (κ2) is 6.45. The van der Waals surface area contributed by atoms with Crippen LogP contribution in [0.2, 0.25) is 0 Å². The highest BCUT2D eigenvalue weighted by molar-refractivity contribution is 7.98. The maximum atomic E-state index is 11.8. The number of oxazole rings is 1. The van der Waals surface area contributed by atoms with E-state index in [1.807, 2.05) is 49.7 Å². The molecule has 3 aromatic heterocycles. The first-order chi connectivity index (χ1) is 12.5. The molecule has 0 spiro atoms. The zero-order valence-corrected chi connectivity index (χ0v) is 15.4. The molecule has 3 heterocycles. The molecule has 1 N–H and O–H groups in total. The Bertz CT molecular complexity index is 1140. The fourth-order valence-electron chi connectivity index (χ4n) is 2.63. The minimum atomic E-state index is -0.239. The second-order valence-corrected chi connectivity index (χ2v) is 6.98. The third-order valence-electron chi connectivity index (χ3n) is 4.15. The van der Waals surface area contributed by atoms with Crippen LogP contribution in [0.25, 0.3) is 22.6 Å². The molecule has 0 radical (unpaired) electrons. The van der Waals surface area contributed by atoms with Gasteiger partial charge in [-0.3, -0.25) is 4.79 Å². The van der Waals surface area contributed by atoms with Gasteiger partial charge in [0, 0.05) is 18.4 Å². The molecule has 0 saturated carbocycles. The first kappa shape index (κ1) is 16.6. The summed E-state index contributed by atoms with van der Waals surface area (Å²) in [4.78, 5) is 27.6. The Labute approximate surface area is 153 Å². The van der Waals surface area contributed by atoms with E-state index in [0.29, 0.717) is 28.0 Å². The Morgan fingerprint density at radius 1 is 1.19 bits per heavy atom. The summed E-state index contributed by atoms with van der Waals surface area (Å²) < 4.78 is 7.63. The standard InChI is InChI=1S/C18H17N5O2S/c1-10-4-6-12(7-5-10)17-21-13(11(2)25-17)8-26-18-22-14-15(23(18)3)19-9-20-16(14)24/h4-7,9H,8H2,1-3H3,(H,19,20,24). The van der Waals surface area contributed by atoms with E-state index in [4.69, 9.17) is 4.42 Å². The molecule has 0 saturated heterocycles. The zero-order chi connectivity index (χ0) is 18.3. The summed E-state index contributed by atoms with van der Waals surface area (Å²) in [5.41, 5.74) is 3.67. The topological polar surface area (TPSA) is 89.6 Å². The molecule has 4 rings (SSSR count). The molecular weight excluding hydrogens is 350 g/mol. The number of aromatic nitrogens is 5. The summed E-state index contributed by atoms with van der Waals surface area (Å²) in [5, 5.41) is 0.712. The monoisotopic (exact) mass is 367 g/mol. The lowest BCUT2D eigenvalue weighted by Gasteiger charge is -2.00. The average Bonchev–Trinajstić information content (AvgIpc) is 3.15. The molecule has 0 amide bonds. The largest absolute Gasteiger partial charge is 0.441 e. The first-order valence-corrected chi connectivity index (χ1v) is 9.08. The highest BCUT2D eigenvalue weighted by Gasteiger charge is 2.15. The lowest BCUT2D eigenvalue weighted by molar-refractivity contribution is 0.540. The Kier molecular flexibility index (Phi) is 4.12. The SMILES string of the molecule is Cc1ccc(-c2nc(CSc3nc4c(=O)[nH]cnc4n3C)c(C)o2)cc1. The van der Waals surface area contributed by atoms with E-state index in [1.54, 1.807) is 0 Å². The number of rotatable bonds is 4. The Balaban J connectivity index is 1.59. The third kappa shape index (κ3) is 2.92. The maximum absolute atomic E-state index is 11.8. The molecule has 0 aliphatic rings. The van der Waals surface area contributed by atoms with Crippen molar-refractivity contribution in [2.24, 2.45) is 7.05 Å². The van der Waals surface area contributed by atoms with E-state index in [9.17, 15) is 4.79 Å². The molecule has 0 aliphatic heterocycles. The summed E-state index contributed by atoms with van der Waals surface area (Å²) in [6.45, 7) is 3.95. The number of benzene rings is 1. The summed E-state index contributed by atoms with van der Waals surface area (Å²) in [7, 11) is 1.84. The molecule has 1 aromatic carbocycles. The van der Waals surface area contributed by atoms with Gasteiger partial charge < -0.3 is 14.0 Å². The minimum absolute atomic E-state index is 0.239. The number of imidazole rings is 1. The van der Waals surface area contributed by atoms with E-state index in [1.165, 1.54) is 23.7 Å². The number of hydrogen-bond acceptors (Lipinski definition) is 6. The van der Waals surface area contributed by atoms with Crippen LogP contribution < -0.4 is 5.56 Å². The van der Waals surface area contributed by atoms with Crippen molar-refractivity contribution < 1.29 is 4.42 Å². The summed E-state index contributed by atoms with van der Waals surface area (Å²) >= 11 is 1.50. The van der Waals surface area contributed by atoms with Gasteiger partial charge in [0.1, 0.15) is 5.76 Å². The summed E-state index contributed by atoms with van der Waals surface area (Å²) in [6, 6.07) is 8.07. The van der Waals surface area contributed by atoms with Crippen molar-refractivity contribution >= 4 is 22.9 Å². The molecule has 4 aromatic rings. The molecule has 0 aliphatic carbocycles. The molecule has 0 bridgehead atoms. The van der Waals surface area contributed by atoms with Gasteiger partial charge in [-0.2, -0.15) is 0 Å². The third-order valence-corrected chi connectivity index (χ3v) is 5.19. The van der Waals surface area contributed by atoms with E-state index in [-0.39, 0.29) is 5.56 Å². The lowest BCUT2D eigenvalue weighted by Crippen LogP contribution is -2.06. The van der Waals surface area contributed by atoms with E-state index >= 15 is 0 Å². The number of aromatic amines is 1. The smallest absolute Gasteiger partial charge is 0.278 e. The lowest BCUT2D eigenvalue weighted by atomic mass is 10.1. The summed E-state index contributed by atoms with van der Waals surface area (Å²) in [5.74, 6) is 1.99. The number of H-pyrrole nitrogens is 1. The van der Waals surface area contributed by atoms with Crippen LogP contribution in [0.1, 0.15) is 17.0 Å². The van der Waals surface area contributed by atoms with Gasteiger partial charge in [-0.05, 0) is 26.0 Å². The Morgan fingerprint density at radius 2 is 1.96 bits per heavy atom. The minimum Gasteiger partial charge on any atom is -0.441 e. The number of nitrogens with one attached hydrogen (secondary N) is 1. The molecule has 0 unspecified atom stereocenters. The highest BCUT2D eigenvalue weighted by atomic mass is 32.2. The molecule has 8 heteroatoms. The van der Waals surface area contributed by atoms with Crippen LogP contribution in [-0.2, 0) is 12.8 Å². The molecular formula is C18H17N5O2S. The van der Waals surface area contributed by atoms with Crippen molar-refractivity contribution in [3.63, 3.8) is 0 Å². The first-order valence-electron chi connectivity index (χ1n) is 8.09. The Hall–Kier alpha value is -2.87. The number of nitrogens with zero attached hydrogens (tertiary/aromatic N) is 4. The van der Waals surface area contributed by atoms with Gasteiger partial charge in [-0.25, -0.2) is 15.0 Å². The van der Waals surface area contributed by atoms with Crippen LogP contribution in [0.15, 0.2) is 45.0 Å². The van der Waals surface area contributed by atoms with Gasteiger partial charge in [-0.1, -0.05) is 29.5 Å².